The Morgan fingerprint density at radius 2 is 1.88 bits per heavy atom. The van der Waals surface area contributed by atoms with Crippen molar-refractivity contribution >= 4 is 33.6 Å². The van der Waals surface area contributed by atoms with Crippen LogP contribution >= 0.6 is 15.9 Å². The first kappa shape index (κ1) is 18.2. The maximum Gasteiger partial charge on any atom is 0.319 e. The van der Waals surface area contributed by atoms with Gasteiger partial charge in [-0.05, 0) is 60.5 Å². The van der Waals surface area contributed by atoms with Gasteiger partial charge in [-0.25, -0.2) is 4.79 Å². The summed E-state index contributed by atoms with van der Waals surface area (Å²) in [7, 11) is 0. The highest BCUT2D eigenvalue weighted by Gasteiger charge is 2.16. The van der Waals surface area contributed by atoms with E-state index in [1.54, 1.807) is 24.3 Å². The fourth-order valence-corrected chi connectivity index (χ4v) is 2.44. The van der Waals surface area contributed by atoms with E-state index in [1.807, 2.05) is 13.8 Å². The van der Waals surface area contributed by atoms with E-state index in [1.165, 1.54) is 4.68 Å². The Morgan fingerprint density at radius 3 is 2.42 bits per heavy atom. The third-order valence-corrected chi connectivity index (χ3v) is 4.75. The van der Waals surface area contributed by atoms with Gasteiger partial charge in [-0.1, -0.05) is 13.3 Å². The van der Waals surface area contributed by atoms with Gasteiger partial charge in [-0.2, -0.15) is 9.78 Å². The van der Waals surface area contributed by atoms with Gasteiger partial charge in [0.1, 0.15) is 0 Å². The standard InChI is InChI=1S/C17H21BrN4O2/c1-4-5-10-19-17(24)20-14-8-6-13(7-9-14)16(23)22-12(3)15(18)11(2)21-22/h6-9H,4-5,10H2,1-3H3,(H2,19,20,24). The van der Waals surface area contributed by atoms with Crippen molar-refractivity contribution in [1.82, 2.24) is 15.1 Å². The summed E-state index contributed by atoms with van der Waals surface area (Å²) in [5, 5.41) is 9.75. The van der Waals surface area contributed by atoms with Gasteiger partial charge in [-0.3, -0.25) is 4.79 Å². The van der Waals surface area contributed by atoms with Crippen molar-refractivity contribution in [3.63, 3.8) is 0 Å². The van der Waals surface area contributed by atoms with Gasteiger partial charge in [0, 0.05) is 17.8 Å². The summed E-state index contributed by atoms with van der Waals surface area (Å²) in [6.45, 7) is 6.38. The Labute approximate surface area is 149 Å². The van der Waals surface area contributed by atoms with E-state index < -0.39 is 0 Å². The molecule has 1 heterocycles. The van der Waals surface area contributed by atoms with Crippen molar-refractivity contribution in [2.45, 2.75) is 33.6 Å². The molecule has 0 aliphatic carbocycles. The molecule has 24 heavy (non-hydrogen) atoms. The van der Waals surface area contributed by atoms with Gasteiger partial charge in [0.15, 0.2) is 0 Å². The number of hydrogen-bond acceptors (Lipinski definition) is 3. The zero-order chi connectivity index (χ0) is 17.7. The Kier molecular flexibility index (Phi) is 6.14. The molecule has 0 aliphatic rings. The molecule has 0 unspecified atom stereocenters. The van der Waals surface area contributed by atoms with Crippen molar-refractivity contribution in [2.24, 2.45) is 0 Å². The van der Waals surface area contributed by atoms with Gasteiger partial charge in [0.05, 0.1) is 15.9 Å². The molecule has 0 bridgehead atoms. The first-order valence-electron chi connectivity index (χ1n) is 7.85. The fourth-order valence-electron chi connectivity index (χ4n) is 2.19. The van der Waals surface area contributed by atoms with E-state index in [0.29, 0.717) is 17.8 Å². The van der Waals surface area contributed by atoms with E-state index in [4.69, 9.17) is 0 Å². The van der Waals surface area contributed by atoms with E-state index in [0.717, 1.165) is 28.7 Å². The first-order chi connectivity index (χ1) is 11.4. The van der Waals surface area contributed by atoms with Crippen molar-refractivity contribution in [2.75, 3.05) is 11.9 Å². The highest BCUT2D eigenvalue weighted by Crippen LogP contribution is 2.21. The van der Waals surface area contributed by atoms with Crippen LogP contribution in [0.3, 0.4) is 0 Å². The van der Waals surface area contributed by atoms with Crippen LogP contribution in [-0.4, -0.2) is 28.3 Å². The molecule has 2 aromatic rings. The summed E-state index contributed by atoms with van der Waals surface area (Å²) in [5.41, 5.74) is 2.66. The largest absolute Gasteiger partial charge is 0.338 e. The minimum absolute atomic E-state index is 0.208. The number of halogens is 1. The van der Waals surface area contributed by atoms with E-state index in [-0.39, 0.29) is 11.9 Å². The summed E-state index contributed by atoms with van der Waals surface area (Å²) in [6.07, 6.45) is 1.97. The maximum atomic E-state index is 12.5. The number of nitrogens with zero attached hydrogens (tertiary/aromatic N) is 2. The number of anilines is 1. The molecular weight excluding hydrogens is 372 g/mol. The van der Waals surface area contributed by atoms with Gasteiger partial charge >= 0.3 is 6.03 Å². The smallest absolute Gasteiger partial charge is 0.319 e. The zero-order valence-electron chi connectivity index (χ0n) is 14.0. The average Bonchev–Trinajstić information content (AvgIpc) is 2.83. The van der Waals surface area contributed by atoms with Crippen LogP contribution in [0, 0.1) is 13.8 Å². The van der Waals surface area contributed by atoms with Crippen molar-refractivity contribution < 1.29 is 9.59 Å². The zero-order valence-corrected chi connectivity index (χ0v) is 15.6. The summed E-state index contributed by atoms with van der Waals surface area (Å²) in [5.74, 6) is -0.208. The second-order valence-electron chi connectivity index (χ2n) is 5.51. The highest BCUT2D eigenvalue weighted by molar-refractivity contribution is 9.10. The lowest BCUT2D eigenvalue weighted by Crippen LogP contribution is -2.29. The number of unbranched alkanes of at least 4 members (excludes halogenated alkanes) is 1. The average molecular weight is 393 g/mol. The molecular formula is C17H21BrN4O2. The molecule has 7 heteroatoms. The lowest BCUT2D eigenvalue weighted by Gasteiger charge is -2.08. The third-order valence-electron chi connectivity index (χ3n) is 3.60. The molecule has 6 nitrogen and oxygen atoms in total. The van der Waals surface area contributed by atoms with Gasteiger partial charge in [0.2, 0.25) is 0 Å². The molecule has 0 aliphatic heterocycles. The van der Waals surface area contributed by atoms with Crippen molar-refractivity contribution in [1.29, 1.82) is 0 Å². The summed E-state index contributed by atoms with van der Waals surface area (Å²) >= 11 is 3.42. The number of urea groups is 1. The lowest BCUT2D eigenvalue weighted by molar-refractivity contribution is 0.0942. The van der Waals surface area contributed by atoms with Gasteiger partial charge < -0.3 is 10.6 Å². The molecule has 0 fully saturated rings. The summed E-state index contributed by atoms with van der Waals surface area (Å²) in [6, 6.07) is 6.51. The van der Waals surface area contributed by atoms with Gasteiger partial charge in [-0.15, -0.1) is 0 Å². The van der Waals surface area contributed by atoms with Crippen molar-refractivity contribution in [3.8, 4) is 0 Å². The van der Waals surface area contributed by atoms with Crippen LogP contribution in [0.25, 0.3) is 0 Å². The van der Waals surface area contributed by atoms with Crippen LogP contribution in [0.2, 0.25) is 0 Å². The molecule has 128 valence electrons. The molecule has 2 N–H and O–H groups in total. The second-order valence-corrected chi connectivity index (χ2v) is 6.31. The van der Waals surface area contributed by atoms with Crippen LogP contribution < -0.4 is 10.6 Å². The molecule has 0 saturated heterocycles. The first-order valence-corrected chi connectivity index (χ1v) is 8.64. The van der Waals surface area contributed by atoms with Gasteiger partial charge in [0.25, 0.3) is 5.91 Å². The second kappa shape index (κ2) is 8.10. The van der Waals surface area contributed by atoms with Crippen LogP contribution in [0.4, 0.5) is 10.5 Å². The molecule has 1 aromatic heterocycles. The van der Waals surface area contributed by atoms with E-state index >= 15 is 0 Å². The number of nitrogens with one attached hydrogen (secondary N) is 2. The fraction of sp³-hybridized carbons (Fsp3) is 0.353. The number of hydrogen-bond donors (Lipinski definition) is 2. The van der Waals surface area contributed by atoms with Crippen LogP contribution in [0.5, 0.6) is 0 Å². The number of aromatic nitrogens is 2. The van der Waals surface area contributed by atoms with E-state index in [2.05, 4.69) is 38.6 Å². The third kappa shape index (κ3) is 4.23. The summed E-state index contributed by atoms with van der Waals surface area (Å²) < 4.78 is 2.21. The van der Waals surface area contributed by atoms with Crippen LogP contribution in [0.1, 0.15) is 41.5 Å². The topological polar surface area (TPSA) is 76.0 Å². The predicted octanol–water partition coefficient (Wildman–Crippen LogP) is 3.87. The molecule has 1 aromatic carbocycles. The Morgan fingerprint density at radius 1 is 1.21 bits per heavy atom. The SMILES string of the molecule is CCCCNC(=O)Nc1ccc(C(=O)n2nc(C)c(Br)c2C)cc1. The Bertz CT molecular complexity index is 738. The molecule has 0 radical (unpaired) electrons. The quantitative estimate of drug-likeness (QED) is 0.758. The minimum atomic E-state index is -0.245. The Hall–Kier alpha value is -2.15. The van der Waals surface area contributed by atoms with Crippen LogP contribution in [-0.2, 0) is 0 Å². The number of rotatable bonds is 5. The molecule has 0 saturated carbocycles. The molecule has 2 rings (SSSR count). The monoisotopic (exact) mass is 392 g/mol. The number of carbonyl (C=O) groups is 2. The summed E-state index contributed by atoms with van der Waals surface area (Å²) in [4.78, 5) is 24.2. The number of benzene rings is 1. The maximum absolute atomic E-state index is 12.5. The molecule has 2 amide bonds. The predicted molar refractivity (Wildman–Crippen MR) is 97.5 cm³/mol. The number of aryl methyl sites for hydroxylation is 1. The minimum Gasteiger partial charge on any atom is -0.338 e. The molecule has 0 atom stereocenters. The van der Waals surface area contributed by atoms with Crippen molar-refractivity contribution in [3.05, 3.63) is 45.7 Å². The van der Waals surface area contributed by atoms with E-state index in [9.17, 15) is 9.59 Å². The number of amides is 2. The number of carbonyl (C=O) groups excluding carboxylic acids is 2. The lowest BCUT2D eigenvalue weighted by atomic mass is 10.2. The Balaban J connectivity index is 2.05. The highest BCUT2D eigenvalue weighted by atomic mass is 79.9. The van der Waals surface area contributed by atoms with Crippen LogP contribution in [0.15, 0.2) is 28.7 Å². The molecule has 0 spiro atoms. The normalized spacial score (nSPS) is 10.5.